The molecule has 0 aromatic heterocycles. The summed E-state index contributed by atoms with van der Waals surface area (Å²) in [6.07, 6.45) is 23.1. The first kappa shape index (κ1) is 28.1. The van der Waals surface area contributed by atoms with Crippen molar-refractivity contribution in [3.8, 4) is 0 Å². The summed E-state index contributed by atoms with van der Waals surface area (Å²) >= 11 is 0. The van der Waals surface area contributed by atoms with E-state index in [4.69, 9.17) is 0 Å². The molecule has 0 aliphatic carbocycles. The Morgan fingerprint density at radius 3 is 1.76 bits per heavy atom. The zero-order chi connectivity index (χ0) is 21.6. The van der Waals surface area contributed by atoms with Gasteiger partial charge in [-0.2, -0.15) is 0 Å². The van der Waals surface area contributed by atoms with Crippen LogP contribution in [0.5, 0.6) is 0 Å². The molecule has 0 aromatic carbocycles. The van der Waals surface area contributed by atoms with Crippen molar-refractivity contribution in [2.75, 3.05) is 6.61 Å². The Morgan fingerprint density at radius 1 is 0.793 bits per heavy atom. The van der Waals surface area contributed by atoms with Crippen molar-refractivity contribution in [2.45, 2.75) is 135 Å². The second-order valence-corrected chi connectivity index (χ2v) is 8.41. The number of hydrogen-bond acceptors (Lipinski definition) is 3. The molecule has 2 atom stereocenters. The van der Waals surface area contributed by atoms with Gasteiger partial charge < -0.3 is 15.5 Å². The quantitative estimate of drug-likeness (QED) is 0.159. The summed E-state index contributed by atoms with van der Waals surface area (Å²) in [7, 11) is 0. The van der Waals surface area contributed by atoms with Gasteiger partial charge in [-0.15, -0.1) is 0 Å². The first-order valence-corrected chi connectivity index (χ1v) is 12.4. The molecule has 0 unspecified atom stereocenters. The number of carbonyl (C=O) groups excluding carboxylic acids is 1. The summed E-state index contributed by atoms with van der Waals surface area (Å²) in [6.45, 7) is 4.14. The molecule has 0 heterocycles. The molecular weight excluding hydrogens is 362 g/mol. The molecule has 0 spiro atoms. The van der Waals surface area contributed by atoms with Gasteiger partial charge in [0, 0.05) is 6.42 Å². The van der Waals surface area contributed by atoms with Gasteiger partial charge >= 0.3 is 0 Å². The Balaban J connectivity index is 3.59. The lowest BCUT2D eigenvalue weighted by atomic mass is 10.0. The third kappa shape index (κ3) is 18.9. The highest BCUT2D eigenvalue weighted by atomic mass is 16.3. The standard InChI is InChI=1S/C25H49NO3/c1-3-5-7-9-10-11-12-13-14-15-16-17-19-21-25(29)26-23(22-27)24(28)20-18-8-6-4-2/h18,20,23-24,27-28H,3-17,19,21-22H2,1-2H3,(H,26,29)/t23-,24+/m0/s1. The molecule has 0 bridgehead atoms. The molecule has 0 aliphatic heterocycles. The van der Waals surface area contributed by atoms with Crippen molar-refractivity contribution in [1.82, 2.24) is 5.32 Å². The van der Waals surface area contributed by atoms with E-state index in [0.29, 0.717) is 6.42 Å². The van der Waals surface area contributed by atoms with Crippen molar-refractivity contribution in [3.63, 3.8) is 0 Å². The Morgan fingerprint density at radius 2 is 1.28 bits per heavy atom. The Labute approximate surface area is 180 Å². The van der Waals surface area contributed by atoms with Gasteiger partial charge in [0.1, 0.15) is 0 Å². The molecule has 3 N–H and O–H groups in total. The summed E-state index contributed by atoms with van der Waals surface area (Å²) in [5.74, 6) is -0.0758. The lowest BCUT2D eigenvalue weighted by Gasteiger charge is -2.19. The van der Waals surface area contributed by atoms with E-state index < -0.39 is 12.1 Å². The molecule has 172 valence electrons. The first-order chi connectivity index (χ1) is 14.2. The van der Waals surface area contributed by atoms with Crippen LogP contribution in [0.3, 0.4) is 0 Å². The van der Waals surface area contributed by atoms with E-state index in [1.165, 1.54) is 70.6 Å². The molecule has 0 saturated heterocycles. The number of allylic oxidation sites excluding steroid dienone is 1. The maximum Gasteiger partial charge on any atom is 0.220 e. The van der Waals surface area contributed by atoms with Crippen LogP contribution in [0.15, 0.2) is 12.2 Å². The Kier molecular flexibility index (Phi) is 21.2. The third-order valence-corrected chi connectivity index (χ3v) is 5.52. The van der Waals surface area contributed by atoms with Gasteiger partial charge in [0.2, 0.25) is 5.91 Å². The SMILES string of the molecule is CCCCC=C[C@@H](O)[C@H](CO)NC(=O)CCCCCCCCCCCCCCC. The molecule has 0 saturated carbocycles. The van der Waals surface area contributed by atoms with E-state index in [0.717, 1.165) is 32.1 Å². The molecule has 0 fully saturated rings. The van der Waals surface area contributed by atoms with Crippen LogP contribution in [0.1, 0.15) is 123 Å². The van der Waals surface area contributed by atoms with E-state index in [-0.39, 0.29) is 12.5 Å². The highest BCUT2D eigenvalue weighted by molar-refractivity contribution is 5.76. The predicted molar refractivity (Wildman–Crippen MR) is 124 cm³/mol. The number of unbranched alkanes of at least 4 members (excludes halogenated alkanes) is 14. The fourth-order valence-corrected chi connectivity index (χ4v) is 3.51. The van der Waals surface area contributed by atoms with Crippen molar-refractivity contribution < 1.29 is 15.0 Å². The van der Waals surface area contributed by atoms with Crippen molar-refractivity contribution in [3.05, 3.63) is 12.2 Å². The van der Waals surface area contributed by atoms with Crippen LogP contribution in [0.4, 0.5) is 0 Å². The number of rotatable bonds is 21. The maximum absolute atomic E-state index is 12.0. The number of amides is 1. The normalized spacial score (nSPS) is 13.7. The van der Waals surface area contributed by atoms with Gasteiger partial charge in [-0.3, -0.25) is 4.79 Å². The molecule has 0 aromatic rings. The topological polar surface area (TPSA) is 69.6 Å². The number of hydrogen-bond donors (Lipinski definition) is 3. The Hall–Kier alpha value is -0.870. The predicted octanol–water partition coefficient (Wildman–Crippen LogP) is 6.05. The van der Waals surface area contributed by atoms with Gasteiger partial charge in [-0.05, 0) is 12.8 Å². The van der Waals surface area contributed by atoms with Crippen LogP contribution in [-0.4, -0.2) is 34.9 Å². The lowest BCUT2D eigenvalue weighted by Crippen LogP contribution is -2.45. The zero-order valence-corrected chi connectivity index (χ0v) is 19.3. The highest BCUT2D eigenvalue weighted by Gasteiger charge is 2.17. The lowest BCUT2D eigenvalue weighted by molar-refractivity contribution is -0.123. The van der Waals surface area contributed by atoms with Crippen LogP contribution in [-0.2, 0) is 4.79 Å². The molecule has 4 nitrogen and oxygen atoms in total. The van der Waals surface area contributed by atoms with Crippen molar-refractivity contribution in [1.29, 1.82) is 0 Å². The van der Waals surface area contributed by atoms with Crippen LogP contribution < -0.4 is 5.32 Å². The molecule has 0 radical (unpaired) electrons. The van der Waals surface area contributed by atoms with Crippen LogP contribution in [0, 0.1) is 0 Å². The van der Waals surface area contributed by atoms with E-state index in [1.54, 1.807) is 6.08 Å². The summed E-state index contributed by atoms with van der Waals surface area (Å²) in [5.41, 5.74) is 0. The molecule has 29 heavy (non-hydrogen) atoms. The number of carbonyl (C=O) groups is 1. The Bertz CT molecular complexity index is 384. The van der Waals surface area contributed by atoms with Crippen LogP contribution in [0.2, 0.25) is 0 Å². The number of aliphatic hydroxyl groups is 2. The fourth-order valence-electron chi connectivity index (χ4n) is 3.51. The van der Waals surface area contributed by atoms with Crippen molar-refractivity contribution >= 4 is 5.91 Å². The van der Waals surface area contributed by atoms with Gasteiger partial charge in [0.25, 0.3) is 0 Å². The number of aliphatic hydroxyl groups excluding tert-OH is 2. The van der Waals surface area contributed by atoms with E-state index >= 15 is 0 Å². The van der Waals surface area contributed by atoms with E-state index in [2.05, 4.69) is 19.2 Å². The van der Waals surface area contributed by atoms with E-state index in [1.807, 2.05) is 6.08 Å². The smallest absolute Gasteiger partial charge is 0.220 e. The molecule has 0 rings (SSSR count). The summed E-state index contributed by atoms with van der Waals surface area (Å²) in [5, 5.41) is 22.3. The third-order valence-electron chi connectivity index (χ3n) is 5.52. The largest absolute Gasteiger partial charge is 0.394 e. The summed E-state index contributed by atoms with van der Waals surface area (Å²) < 4.78 is 0. The first-order valence-electron chi connectivity index (χ1n) is 12.4. The minimum Gasteiger partial charge on any atom is -0.394 e. The molecular formula is C25H49NO3. The minimum atomic E-state index is -0.826. The molecule has 4 heteroatoms. The van der Waals surface area contributed by atoms with Gasteiger partial charge in [0.05, 0.1) is 18.8 Å². The van der Waals surface area contributed by atoms with Crippen molar-refractivity contribution in [2.24, 2.45) is 0 Å². The monoisotopic (exact) mass is 411 g/mol. The van der Waals surface area contributed by atoms with Gasteiger partial charge in [-0.25, -0.2) is 0 Å². The average molecular weight is 412 g/mol. The fraction of sp³-hybridized carbons (Fsp3) is 0.880. The second kappa shape index (κ2) is 21.8. The van der Waals surface area contributed by atoms with Gasteiger partial charge in [-0.1, -0.05) is 116 Å². The average Bonchev–Trinajstić information content (AvgIpc) is 2.72. The highest BCUT2D eigenvalue weighted by Crippen LogP contribution is 2.13. The zero-order valence-electron chi connectivity index (χ0n) is 19.3. The molecule has 0 aliphatic rings. The summed E-state index contributed by atoms with van der Waals surface area (Å²) in [6, 6.07) is -0.609. The number of nitrogens with one attached hydrogen (secondary N) is 1. The van der Waals surface area contributed by atoms with Crippen LogP contribution in [0.25, 0.3) is 0 Å². The minimum absolute atomic E-state index is 0.0758. The second-order valence-electron chi connectivity index (χ2n) is 8.41. The summed E-state index contributed by atoms with van der Waals surface area (Å²) in [4.78, 5) is 12.0. The maximum atomic E-state index is 12.0. The molecule has 1 amide bonds. The van der Waals surface area contributed by atoms with Gasteiger partial charge in [0.15, 0.2) is 0 Å². The van der Waals surface area contributed by atoms with E-state index in [9.17, 15) is 15.0 Å². The van der Waals surface area contributed by atoms with Crippen LogP contribution >= 0.6 is 0 Å².